The highest BCUT2D eigenvalue weighted by Crippen LogP contribution is 2.20. The Morgan fingerprint density at radius 1 is 1.08 bits per heavy atom. The standard InChI is InChI=1S/C19H28N4O2/c20-19(25)16-4-6-17(7-5-16)21-12-18(24)23-11-8-15(14-23)13-22-9-2-1-3-10-22/h4-7,15,21H,1-3,8-14H2,(H2,20,25). The van der Waals surface area contributed by atoms with Crippen molar-refractivity contribution in [1.82, 2.24) is 9.80 Å². The third kappa shape index (κ3) is 4.95. The van der Waals surface area contributed by atoms with Gasteiger partial charge < -0.3 is 20.9 Å². The van der Waals surface area contributed by atoms with Crippen LogP contribution in [0.3, 0.4) is 0 Å². The minimum absolute atomic E-state index is 0.139. The summed E-state index contributed by atoms with van der Waals surface area (Å²) in [5.74, 6) is 0.302. The van der Waals surface area contributed by atoms with E-state index in [1.165, 1.54) is 32.4 Å². The normalized spacial score (nSPS) is 21.3. The predicted molar refractivity (Wildman–Crippen MR) is 98.4 cm³/mol. The van der Waals surface area contributed by atoms with Crippen LogP contribution in [0.15, 0.2) is 24.3 Å². The van der Waals surface area contributed by atoms with Gasteiger partial charge in [-0.2, -0.15) is 0 Å². The maximum Gasteiger partial charge on any atom is 0.248 e. The van der Waals surface area contributed by atoms with Crippen molar-refractivity contribution in [2.45, 2.75) is 25.7 Å². The quantitative estimate of drug-likeness (QED) is 0.820. The molecular formula is C19H28N4O2. The maximum absolute atomic E-state index is 12.4. The van der Waals surface area contributed by atoms with Crippen LogP contribution in [0.25, 0.3) is 0 Å². The topological polar surface area (TPSA) is 78.7 Å². The SMILES string of the molecule is NC(=O)c1ccc(NCC(=O)N2CCC(CN3CCCCC3)C2)cc1. The van der Waals surface area contributed by atoms with E-state index < -0.39 is 5.91 Å². The first-order valence-corrected chi connectivity index (χ1v) is 9.25. The van der Waals surface area contributed by atoms with Gasteiger partial charge in [-0.1, -0.05) is 6.42 Å². The van der Waals surface area contributed by atoms with Crippen molar-refractivity contribution >= 4 is 17.5 Å². The largest absolute Gasteiger partial charge is 0.376 e. The summed E-state index contributed by atoms with van der Waals surface area (Å²) in [6.07, 6.45) is 5.09. The molecule has 0 radical (unpaired) electrons. The van der Waals surface area contributed by atoms with Crippen LogP contribution in [-0.4, -0.2) is 60.9 Å². The van der Waals surface area contributed by atoms with E-state index in [1.54, 1.807) is 24.3 Å². The number of primary amides is 1. The van der Waals surface area contributed by atoms with Gasteiger partial charge in [0, 0.05) is 30.9 Å². The van der Waals surface area contributed by atoms with Crippen LogP contribution in [0.4, 0.5) is 5.69 Å². The summed E-state index contributed by atoms with van der Waals surface area (Å²) < 4.78 is 0. The molecule has 2 heterocycles. The molecule has 0 aliphatic carbocycles. The molecule has 1 unspecified atom stereocenters. The fourth-order valence-corrected chi connectivity index (χ4v) is 3.76. The highest BCUT2D eigenvalue weighted by Gasteiger charge is 2.27. The summed E-state index contributed by atoms with van der Waals surface area (Å²) in [4.78, 5) is 28.0. The van der Waals surface area contributed by atoms with Crippen LogP contribution >= 0.6 is 0 Å². The number of nitrogens with zero attached hydrogens (tertiary/aromatic N) is 2. The molecule has 2 aliphatic rings. The number of amides is 2. The number of anilines is 1. The summed E-state index contributed by atoms with van der Waals surface area (Å²) in [6, 6.07) is 6.88. The molecule has 2 saturated heterocycles. The number of nitrogens with two attached hydrogens (primary N) is 1. The highest BCUT2D eigenvalue weighted by atomic mass is 16.2. The molecule has 2 aliphatic heterocycles. The summed E-state index contributed by atoms with van der Waals surface area (Å²) in [5.41, 5.74) is 6.52. The summed E-state index contributed by atoms with van der Waals surface area (Å²) in [6.45, 7) is 5.58. The van der Waals surface area contributed by atoms with E-state index in [0.29, 0.717) is 11.5 Å². The number of piperidine rings is 1. The summed E-state index contributed by atoms with van der Waals surface area (Å²) >= 11 is 0. The van der Waals surface area contributed by atoms with Crippen LogP contribution < -0.4 is 11.1 Å². The van der Waals surface area contributed by atoms with Crippen molar-refractivity contribution in [3.8, 4) is 0 Å². The lowest BCUT2D eigenvalue weighted by Gasteiger charge is -2.29. The van der Waals surface area contributed by atoms with Crippen LogP contribution in [-0.2, 0) is 4.79 Å². The molecule has 25 heavy (non-hydrogen) atoms. The van der Waals surface area contributed by atoms with E-state index in [2.05, 4.69) is 10.2 Å². The van der Waals surface area contributed by atoms with Crippen molar-refractivity contribution in [2.24, 2.45) is 11.7 Å². The van der Waals surface area contributed by atoms with Gasteiger partial charge in [0.15, 0.2) is 0 Å². The van der Waals surface area contributed by atoms with Gasteiger partial charge in [-0.25, -0.2) is 0 Å². The van der Waals surface area contributed by atoms with Gasteiger partial charge in [-0.05, 0) is 62.5 Å². The molecule has 1 atom stereocenters. The molecule has 0 spiro atoms. The molecule has 3 rings (SSSR count). The van der Waals surface area contributed by atoms with E-state index >= 15 is 0 Å². The second-order valence-electron chi connectivity index (χ2n) is 7.15. The molecule has 0 aromatic heterocycles. The Hall–Kier alpha value is -2.08. The Morgan fingerprint density at radius 3 is 2.48 bits per heavy atom. The number of carbonyl (C=O) groups excluding carboxylic acids is 2. The molecular weight excluding hydrogens is 316 g/mol. The molecule has 2 amide bonds. The number of benzene rings is 1. The van der Waals surface area contributed by atoms with E-state index in [1.807, 2.05) is 4.90 Å². The first kappa shape index (κ1) is 17.7. The van der Waals surface area contributed by atoms with Crippen LogP contribution in [0.2, 0.25) is 0 Å². The lowest BCUT2D eigenvalue weighted by Crippen LogP contribution is -2.37. The predicted octanol–water partition coefficient (Wildman–Crippen LogP) is 1.53. The minimum Gasteiger partial charge on any atom is -0.376 e. The molecule has 2 fully saturated rings. The monoisotopic (exact) mass is 344 g/mol. The Bertz CT molecular complexity index is 596. The number of nitrogens with one attached hydrogen (secondary N) is 1. The number of likely N-dealkylation sites (tertiary alicyclic amines) is 2. The smallest absolute Gasteiger partial charge is 0.248 e. The van der Waals surface area contributed by atoms with Gasteiger partial charge in [-0.3, -0.25) is 9.59 Å². The Labute approximate surface area is 149 Å². The number of hydrogen-bond donors (Lipinski definition) is 2. The maximum atomic E-state index is 12.4. The zero-order valence-corrected chi connectivity index (χ0v) is 14.7. The van der Waals surface area contributed by atoms with Gasteiger partial charge in [0.05, 0.1) is 6.54 Å². The van der Waals surface area contributed by atoms with Crippen molar-refractivity contribution in [3.05, 3.63) is 29.8 Å². The second-order valence-corrected chi connectivity index (χ2v) is 7.15. The van der Waals surface area contributed by atoms with Crippen LogP contribution in [0, 0.1) is 5.92 Å². The number of carbonyl (C=O) groups is 2. The molecule has 6 heteroatoms. The van der Waals surface area contributed by atoms with Crippen molar-refractivity contribution in [3.63, 3.8) is 0 Å². The van der Waals surface area contributed by atoms with E-state index in [9.17, 15) is 9.59 Å². The van der Waals surface area contributed by atoms with Crippen molar-refractivity contribution < 1.29 is 9.59 Å². The minimum atomic E-state index is -0.445. The third-order valence-electron chi connectivity index (χ3n) is 5.22. The molecule has 6 nitrogen and oxygen atoms in total. The Morgan fingerprint density at radius 2 is 1.80 bits per heavy atom. The lowest BCUT2D eigenvalue weighted by molar-refractivity contribution is -0.128. The summed E-state index contributed by atoms with van der Waals surface area (Å²) in [5, 5.41) is 3.13. The summed E-state index contributed by atoms with van der Waals surface area (Å²) in [7, 11) is 0. The lowest BCUT2D eigenvalue weighted by atomic mass is 10.1. The highest BCUT2D eigenvalue weighted by molar-refractivity contribution is 5.93. The molecule has 1 aromatic rings. The zero-order chi connectivity index (χ0) is 17.6. The van der Waals surface area contributed by atoms with E-state index in [4.69, 9.17) is 5.73 Å². The average molecular weight is 344 g/mol. The zero-order valence-electron chi connectivity index (χ0n) is 14.7. The fraction of sp³-hybridized carbons (Fsp3) is 0.579. The van der Waals surface area contributed by atoms with Crippen LogP contribution in [0.5, 0.6) is 0 Å². The molecule has 3 N–H and O–H groups in total. The Balaban J connectivity index is 1.41. The third-order valence-corrected chi connectivity index (χ3v) is 5.22. The van der Waals surface area contributed by atoms with Gasteiger partial charge in [0.1, 0.15) is 0 Å². The van der Waals surface area contributed by atoms with Gasteiger partial charge in [-0.15, -0.1) is 0 Å². The molecule has 0 saturated carbocycles. The number of hydrogen-bond acceptors (Lipinski definition) is 4. The van der Waals surface area contributed by atoms with Gasteiger partial charge in [0.2, 0.25) is 11.8 Å². The fourth-order valence-electron chi connectivity index (χ4n) is 3.76. The van der Waals surface area contributed by atoms with Crippen molar-refractivity contribution in [1.29, 1.82) is 0 Å². The first-order chi connectivity index (χ1) is 12.1. The van der Waals surface area contributed by atoms with Gasteiger partial charge in [0.25, 0.3) is 0 Å². The van der Waals surface area contributed by atoms with E-state index in [-0.39, 0.29) is 12.5 Å². The van der Waals surface area contributed by atoms with Gasteiger partial charge >= 0.3 is 0 Å². The Kier molecular flexibility index (Phi) is 5.91. The van der Waals surface area contributed by atoms with Crippen molar-refractivity contribution in [2.75, 3.05) is 44.6 Å². The first-order valence-electron chi connectivity index (χ1n) is 9.25. The number of rotatable bonds is 6. The second kappa shape index (κ2) is 8.34. The molecule has 0 bridgehead atoms. The molecule has 1 aromatic carbocycles. The molecule has 136 valence electrons. The average Bonchev–Trinajstić information content (AvgIpc) is 3.09. The van der Waals surface area contributed by atoms with Crippen LogP contribution in [0.1, 0.15) is 36.0 Å². The van der Waals surface area contributed by atoms with E-state index in [0.717, 1.165) is 31.7 Å².